The quantitative estimate of drug-likeness (QED) is 0.686. The molecule has 0 atom stereocenters. The summed E-state index contributed by atoms with van der Waals surface area (Å²) in [6.45, 7) is 4.24. The standard InChI is InChI=1S/C10H12O4/c1-7(2)5-14-10(12)8-3-4-9(11)13-6-8/h3-4,6-7H,5H2,1-2H3. The van der Waals surface area contributed by atoms with Gasteiger partial charge >= 0.3 is 11.6 Å². The van der Waals surface area contributed by atoms with Crippen molar-refractivity contribution in [2.75, 3.05) is 6.61 Å². The molecule has 0 bridgehead atoms. The summed E-state index contributed by atoms with van der Waals surface area (Å²) < 4.78 is 9.46. The lowest BCUT2D eigenvalue weighted by Gasteiger charge is -2.05. The van der Waals surface area contributed by atoms with E-state index in [2.05, 4.69) is 4.42 Å². The number of hydrogen-bond acceptors (Lipinski definition) is 4. The van der Waals surface area contributed by atoms with E-state index in [1.807, 2.05) is 13.8 Å². The van der Waals surface area contributed by atoms with Gasteiger partial charge in [-0.3, -0.25) is 0 Å². The maximum Gasteiger partial charge on any atom is 0.341 e. The van der Waals surface area contributed by atoms with Crippen LogP contribution >= 0.6 is 0 Å². The monoisotopic (exact) mass is 196 g/mol. The van der Waals surface area contributed by atoms with Gasteiger partial charge in [0, 0.05) is 6.07 Å². The molecule has 4 nitrogen and oxygen atoms in total. The van der Waals surface area contributed by atoms with Crippen molar-refractivity contribution >= 4 is 5.97 Å². The predicted octanol–water partition coefficient (Wildman–Crippen LogP) is 1.45. The van der Waals surface area contributed by atoms with E-state index in [-0.39, 0.29) is 11.5 Å². The lowest BCUT2D eigenvalue weighted by Crippen LogP contribution is -2.11. The lowest BCUT2D eigenvalue weighted by molar-refractivity contribution is 0.0456. The summed E-state index contributed by atoms with van der Waals surface area (Å²) in [5, 5.41) is 0. The van der Waals surface area contributed by atoms with Gasteiger partial charge in [0.05, 0.1) is 12.2 Å². The van der Waals surface area contributed by atoms with Crippen LogP contribution in [0.25, 0.3) is 0 Å². The van der Waals surface area contributed by atoms with Crippen molar-refractivity contribution in [3.63, 3.8) is 0 Å². The molecule has 76 valence electrons. The van der Waals surface area contributed by atoms with Gasteiger partial charge in [-0.15, -0.1) is 0 Å². The second-order valence-corrected chi connectivity index (χ2v) is 3.34. The molecule has 0 aliphatic carbocycles. The number of hydrogen-bond donors (Lipinski definition) is 0. The van der Waals surface area contributed by atoms with E-state index < -0.39 is 11.6 Å². The summed E-state index contributed by atoms with van der Waals surface area (Å²) in [4.78, 5) is 21.9. The zero-order chi connectivity index (χ0) is 10.6. The van der Waals surface area contributed by atoms with E-state index >= 15 is 0 Å². The van der Waals surface area contributed by atoms with Crippen molar-refractivity contribution in [1.82, 2.24) is 0 Å². The minimum absolute atomic E-state index is 0.255. The van der Waals surface area contributed by atoms with Crippen LogP contribution in [0.3, 0.4) is 0 Å². The second kappa shape index (κ2) is 4.60. The van der Waals surface area contributed by atoms with Crippen molar-refractivity contribution in [2.45, 2.75) is 13.8 Å². The molecule has 4 heteroatoms. The van der Waals surface area contributed by atoms with E-state index in [1.54, 1.807) is 0 Å². The van der Waals surface area contributed by atoms with Gasteiger partial charge in [-0.1, -0.05) is 13.8 Å². The third-order valence-electron chi connectivity index (χ3n) is 1.48. The summed E-state index contributed by atoms with van der Waals surface area (Å²) in [6.07, 6.45) is 1.10. The number of carbonyl (C=O) groups excluding carboxylic acids is 1. The number of rotatable bonds is 3. The zero-order valence-corrected chi connectivity index (χ0v) is 8.15. The molecular weight excluding hydrogens is 184 g/mol. The van der Waals surface area contributed by atoms with Crippen LogP contribution in [-0.4, -0.2) is 12.6 Å². The van der Waals surface area contributed by atoms with Gasteiger partial charge in [0.15, 0.2) is 0 Å². The maximum atomic E-state index is 11.3. The van der Waals surface area contributed by atoms with Gasteiger partial charge in [-0.25, -0.2) is 9.59 Å². The molecule has 1 aromatic heterocycles. The Morgan fingerprint density at radius 1 is 1.50 bits per heavy atom. The molecule has 0 saturated carbocycles. The summed E-state index contributed by atoms with van der Waals surface area (Å²) in [6, 6.07) is 2.57. The number of esters is 1. The Hall–Kier alpha value is -1.58. The molecule has 1 aromatic rings. The minimum Gasteiger partial charge on any atom is -0.462 e. The highest BCUT2D eigenvalue weighted by Gasteiger charge is 2.08. The van der Waals surface area contributed by atoms with Gasteiger partial charge in [0.25, 0.3) is 0 Å². The molecular formula is C10H12O4. The average molecular weight is 196 g/mol. The van der Waals surface area contributed by atoms with Gasteiger partial charge in [0.1, 0.15) is 6.26 Å². The van der Waals surface area contributed by atoms with Crippen LogP contribution < -0.4 is 5.63 Å². The molecule has 0 aromatic carbocycles. The molecule has 0 N–H and O–H groups in total. The first-order valence-electron chi connectivity index (χ1n) is 4.35. The van der Waals surface area contributed by atoms with Crippen molar-refractivity contribution in [1.29, 1.82) is 0 Å². The normalized spacial score (nSPS) is 10.2. The highest BCUT2D eigenvalue weighted by Crippen LogP contribution is 2.01. The first-order chi connectivity index (χ1) is 6.59. The van der Waals surface area contributed by atoms with Gasteiger partial charge in [-0.2, -0.15) is 0 Å². The van der Waals surface area contributed by atoms with Crippen LogP contribution in [0.1, 0.15) is 24.2 Å². The second-order valence-electron chi connectivity index (χ2n) is 3.34. The summed E-state index contributed by atoms with van der Waals surface area (Å²) in [5.74, 6) is -0.183. The van der Waals surface area contributed by atoms with E-state index in [0.29, 0.717) is 6.61 Å². The van der Waals surface area contributed by atoms with Crippen molar-refractivity contribution < 1.29 is 13.9 Å². The molecule has 0 saturated heterocycles. The summed E-state index contributed by atoms with van der Waals surface area (Å²) in [7, 11) is 0. The fourth-order valence-electron chi connectivity index (χ4n) is 0.800. The van der Waals surface area contributed by atoms with Gasteiger partial charge < -0.3 is 9.15 Å². The fraction of sp³-hybridized carbons (Fsp3) is 0.400. The Balaban J connectivity index is 2.61. The van der Waals surface area contributed by atoms with Crippen LogP contribution in [0, 0.1) is 5.92 Å². The first-order valence-corrected chi connectivity index (χ1v) is 4.35. The van der Waals surface area contributed by atoms with E-state index in [4.69, 9.17) is 4.74 Å². The molecule has 0 radical (unpaired) electrons. The third kappa shape index (κ3) is 3.05. The number of carbonyl (C=O) groups is 1. The van der Waals surface area contributed by atoms with E-state index in [1.165, 1.54) is 12.1 Å². The van der Waals surface area contributed by atoms with Crippen LogP contribution in [0.4, 0.5) is 0 Å². The average Bonchev–Trinajstić information content (AvgIpc) is 2.15. The van der Waals surface area contributed by atoms with Crippen LogP contribution in [0.5, 0.6) is 0 Å². The van der Waals surface area contributed by atoms with Gasteiger partial charge in [-0.05, 0) is 12.0 Å². The molecule has 0 aliphatic rings. The molecule has 0 aliphatic heterocycles. The molecule has 1 heterocycles. The highest BCUT2D eigenvalue weighted by atomic mass is 16.5. The molecule has 0 unspecified atom stereocenters. The highest BCUT2D eigenvalue weighted by molar-refractivity contribution is 5.88. The molecule has 1 rings (SSSR count). The van der Waals surface area contributed by atoms with E-state index in [9.17, 15) is 9.59 Å². The predicted molar refractivity (Wildman–Crippen MR) is 50.1 cm³/mol. The zero-order valence-electron chi connectivity index (χ0n) is 8.15. The Bertz CT molecular complexity index is 344. The smallest absolute Gasteiger partial charge is 0.341 e. The molecule has 0 fully saturated rings. The Morgan fingerprint density at radius 2 is 2.21 bits per heavy atom. The largest absolute Gasteiger partial charge is 0.462 e. The van der Waals surface area contributed by atoms with Crippen molar-refractivity contribution in [3.8, 4) is 0 Å². The molecule has 14 heavy (non-hydrogen) atoms. The SMILES string of the molecule is CC(C)COC(=O)c1ccc(=O)oc1. The summed E-state index contributed by atoms with van der Waals surface area (Å²) >= 11 is 0. The third-order valence-corrected chi connectivity index (χ3v) is 1.48. The van der Waals surface area contributed by atoms with Crippen LogP contribution in [-0.2, 0) is 4.74 Å². The Labute approximate surface area is 81.5 Å². The maximum absolute atomic E-state index is 11.3. The fourth-order valence-corrected chi connectivity index (χ4v) is 0.800. The molecule has 0 spiro atoms. The van der Waals surface area contributed by atoms with Crippen molar-refractivity contribution in [3.05, 3.63) is 34.4 Å². The Kier molecular flexibility index (Phi) is 3.45. The topological polar surface area (TPSA) is 56.5 Å². The van der Waals surface area contributed by atoms with E-state index in [0.717, 1.165) is 6.26 Å². The lowest BCUT2D eigenvalue weighted by atomic mass is 10.2. The van der Waals surface area contributed by atoms with Crippen molar-refractivity contribution in [2.24, 2.45) is 5.92 Å². The summed E-state index contributed by atoms with van der Waals surface area (Å²) in [5.41, 5.74) is -0.226. The first kappa shape index (κ1) is 10.5. The Morgan fingerprint density at radius 3 is 2.71 bits per heavy atom. The van der Waals surface area contributed by atoms with Crippen LogP contribution in [0.2, 0.25) is 0 Å². The minimum atomic E-state index is -0.481. The van der Waals surface area contributed by atoms with Gasteiger partial charge in [0.2, 0.25) is 0 Å². The van der Waals surface area contributed by atoms with Crippen LogP contribution in [0.15, 0.2) is 27.6 Å². The number of ether oxygens (including phenoxy) is 1. The molecule has 0 amide bonds.